The van der Waals surface area contributed by atoms with E-state index in [1.807, 2.05) is 12.1 Å². The molecule has 90 valence electrons. The van der Waals surface area contributed by atoms with Crippen molar-refractivity contribution in [3.8, 4) is 0 Å². The van der Waals surface area contributed by atoms with Crippen LogP contribution in [0.15, 0.2) is 54.6 Å². The summed E-state index contributed by atoms with van der Waals surface area (Å²) < 4.78 is 0. The van der Waals surface area contributed by atoms with E-state index in [2.05, 4.69) is 49.4 Å². The van der Waals surface area contributed by atoms with E-state index in [4.69, 9.17) is 5.73 Å². The van der Waals surface area contributed by atoms with E-state index < -0.39 is 0 Å². The molecule has 0 spiro atoms. The lowest BCUT2D eigenvalue weighted by Crippen LogP contribution is -1.97. The molecule has 0 heterocycles. The van der Waals surface area contributed by atoms with Crippen LogP contribution >= 0.6 is 0 Å². The smallest absolute Gasteiger partial charge is 0.0393 e. The Hall–Kier alpha value is -2.02. The Morgan fingerprint density at radius 1 is 1.17 bits per heavy atom. The minimum Gasteiger partial charge on any atom is -0.398 e. The summed E-state index contributed by atoms with van der Waals surface area (Å²) in [6.07, 6.45) is 7.72. The molecule has 2 aromatic carbocycles. The van der Waals surface area contributed by atoms with Crippen LogP contribution in [0.5, 0.6) is 0 Å². The van der Waals surface area contributed by atoms with Crippen molar-refractivity contribution in [2.45, 2.75) is 13.3 Å². The first-order valence-corrected chi connectivity index (χ1v) is 6.40. The van der Waals surface area contributed by atoms with Crippen LogP contribution in [-0.4, -0.2) is 0 Å². The van der Waals surface area contributed by atoms with Crippen molar-refractivity contribution in [3.05, 3.63) is 60.2 Å². The van der Waals surface area contributed by atoms with Crippen LogP contribution in [0.4, 0.5) is 5.69 Å². The standard InChI is InChI=1S/C17H17N/c1-12-4-2-6-14(10-12)15-9-8-13-5-3-7-17(18)16(13)11-15/h2-9,11-12H,10,18H2,1H3/t12-/m1/s1. The molecular formula is C17H17N. The van der Waals surface area contributed by atoms with Crippen molar-refractivity contribution in [3.63, 3.8) is 0 Å². The molecule has 0 bridgehead atoms. The molecule has 0 unspecified atom stereocenters. The number of nitrogen functional groups attached to an aromatic ring is 1. The van der Waals surface area contributed by atoms with E-state index >= 15 is 0 Å². The second kappa shape index (κ2) is 4.34. The van der Waals surface area contributed by atoms with Gasteiger partial charge in [-0.1, -0.05) is 49.4 Å². The number of fused-ring (bicyclic) bond motifs is 1. The zero-order chi connectivity index (χ0) is 12.5. The second-order valence-corrected chi connectivity index (χ2v) is 5.04. The largest absolute Gasteiger partial charge is 0.398 e. The first-order chi connectivity index (χ1) is 8.74. The maximum absolute atomic E-state index is 6.05. The topological polar surface area (TPSA) is 26.0 Å². The fourth-order valence-corrected chi connectivity index (χ4v) is 2.56. The monoisotopic (exact) mass is 235 g/mol. The molecule has 0 amide bonds. The molecule has 1 atom stereocenters. The summed E-state index contributed by atoms with van der Waals surface area (Å²) in [7, 11) is 0. The van der Waals surface area contributed by atoms with E-state index in [-0.39, 0.29) is 0 Å². The first-order valence-electron chi connectivity index (χ1n) is 6.40. The van der Waals surface area contributed by atoms with Crippen molar-refractivity contribution in [2.75, 3.05) is 5.73 Å². The fourth-order valence-electron chi connectivity index (χ4n) is 2.56. The molecule has 1 aliphatic carbocycles. The van der Waals surface area contributed by atoms with Crippen molar-refractivity contribution in [2.24, 2.45) is 5.92 Å². The van der Waals surface area contributed by atoms with Gasteiger partial charge in [-0.3, -0.25) is 0 Å². The molecule has 0 radical (unpaired) electrons. The third kappa shape index (κ3) is 1.92. The molecule has 18 heavy (non-hydrogen) atoms. The summed E-state index contributed by atoms with van der Waals surface area (Å²) in [5, 5.41) is 2.36. The van der Waals surface area contributed by atoms with Gasteiger partial charge in [-0.2, -0.15) is 0 Å². The van der Waals surface area contributed by atoms with Gasteiger partial charge >= 0.3 is 0 Å². The van der Waals surface area contributed by atoms with Gasteiger partial charge in [-0.25, -0.2) is 0 Å². The van der Waals surface area contributed by atoms with Crippen LogP contribution < -0.4 is 5.73 Å². The van der Waals surface area contributed by atoms with Gasteiger partial charge in [-0.15, -0.1) is 0 Å². The lowest BCUT2D eigenvalue weighted by molar-refractivity contribution is 0.749. The molecule has 2 aromatic rings. The summed E-state index contributed by atoms with van der Waals surface area (Å²) in [6.45, 7) is 2.25. The van der Waals surface area contributed by atoms with Crippen LogP contribution in [0.1, 0.15) is 18.9 Å². The SMILES string of the molecule is C[C@@H]1C=CC=C(c2ccc3cccc(N)c3c2)C1. The second-order valence-electron chi connectivity index (χ2n) is 5.04. The van der Waals surface area contributed by atoms with E-state index in [0.29, 0.717) is 5.92 Å². The number of anilines is 1. The van der Waals surface area contributed by atoms with Gasteiger partial charge in [0.2, 0.25) is 0 Å². The van der Waals surface area contributed by atoms with Gasteiger partial charge < -0.3 is 5.73 Å². The molecule has 0 saturated carbocycles. The van der Waals surface area contributed by atoms with Crippen LogP contribution in [0, 0.1) is 5.92 Å². The summed E-state index contributed by atoms with van der Waals surface area (Å²) in [5.41, 5.74) is 9.59. The minimum atomic E-state index is 0.619. The van der Waals surface area contributed by atoms with Crippen molar-refractivity contribution >= 4 is 22.0 Å². The van der Waals surface area contributed by atoms with E-state index in [0.717, 1.165) is 17.5 Å². The van der Waals surface area contributed by atoms with Crippen molar-refractivity contribution in [1.29, 1.82) is 0 Å². The third-order valence-electron chi connectivity index (χ3n) is 3.57. The quantitative estimate of drug-likeness (QED) is 0.728. The summed E-state index contributed by atoms with van der Waals surface area (Å²) >= 11 is 0. The van der Waals surface area contributed by atoms with E-state index in [1.165, 1.54) is 16.5 Å². The van der Waals surface area contributed by atoms with Gasteiger partial charge in [0, 0.05) is 11.1 Å². The Kier molecular flexibility index (Phi) is 2.67. The zero-order valence-corrected chi connectivity index (χ0v) is 10.6. The van der Waals surface area contributed by atoms with Gasteiger partial charge in [-0.05, 0) is 41.0 Å². The van der Waals surface area contributed by atoms with Crippen LogP contribution in [0.25, 0.3) is 16.3 Å². The number of allylic oxidation sites excluding steroid dienone is 4. The highest BCUT2D eigenvalue weighted by Crippen LogP contribution is 2.30. The molecule has 0 fully saturated rings. The third-order valence-corrected chi connectivity index (χ3v) is 3.57. The maximum atomic E-state index is 6.05. The molecule has 1 aliphatic rings. The molecular weight excluding hydrogens is 218 g/mol. The maximum Gasteiger partial charge on any atom is 0.0393 e. The number of hydrogen-bond acceptors (Lipinski definition) is 1. The molecule has 0 saturated heterocycles. The predicted molar refractivity (Wildman–Crippen MR) is 79.3 cm³/mol. The highest BCUT2D eigenvalue weighted by molar-refractivity contribution is 5.95. The summed E-state index contributed by atoms with van der Waals surface area (Å²) in [6, 6.07) is 12.6. The average Bonchev–Trinajstić information content (AvgIpc) is 2.39. The molecule has 2 N–H and O–H groups in total. The highest BCUT2D eigenvalue weighted by atomic mass is 14.5. The Balaban J connectivity index is 2.11. The summed E-state index contributed by atoms with van der Waals surface area (Å²) in [5.74, 6) is 0.619. The van der Waals surface area contributed by atoms with Gasteiger partial charge in [0.15, 0.2) is 0 Å². The lowest BCUT2D eigenvalue weighted by atomic mass is 9.90. The predicted octanol–water partition coefficient (Wildman–Crippen LogP) is 4.40. The molecule has 1 heteroatoms. The Morgan fingerprint density at radius 3 is 2.89 bits per heavy atom. The molecule has 0 aromatic heterocycles. The van der Waals surface area contributed by atoms with Crippen molar-refractivity contribution < 1.29 is 0 Å². The highest BCUT2D eigenvalue weighted by Gasteiger charge is 2.09. The van der Waals surface area contributed by atoms with Crippen LogP contribution in [0.2, 0.25) is 0 Å². The van der Waals surface area contributed by atoms with Gasteiger partial charge in [0.25, 0.3) is 0 Å². The van der Waals surface area contributed by atoms with E-state index in [1.54, 1.807) is 0 Å². The minimum absolute atomic E-state index is 0.619. The molecule has 3 rings (SSSR count). The summed E-state index contributed by atoms with van der Waals surface area (Å²) in [4.78, 5) is 0. The Bertz CT molecular complexity index is 650. The average molecular weight is 235 g/mol. The number of rotatable bonds is 1. The first kappa shape index (κ1) is 11.1. The normalized spacial score (nSPS) is 18.9. The number of nitrogens with two attached hydrogens (primary N) is 1. The van der Waals surface area contributed by atoms with Crippen LogP contribution in [-0.2, 0) is 0 Å². The van der Waals surface area contributed by atoms with Gasteiger partial charge in [0.1, 0.15) is 0 Å². The number of hydrogen-bond donors (Lipinski definition) is 1. The zero-order valence-electron chi connectivity index (χ0n) is 10.6. The van der Waals surface area contributed by atoms with Crippen LogP contribution in [0.3, 0.4) is 0 Å². The van der Waals surface area contributed by atoms with E-state index in [9.17, 15) is 0 Å². The van der Waals surface area contributed by atoms with Gasteiger partial charge in [0.05, 0.1) is 0 Å². The number of benzene rings is 2. The van der Waals surface area contributed by atoms with Crippen molar-refractivity contribution in [1.82, 2.24) is 0 Å². The molecule has 0 aliphatic heterocycles. The Labute approximate surface area is 108 Å². The fraction of sp³-hybridized carbons (Fsp3) is 0.176. The lowest BCUT2D eigenvalue weighted by Gasteiger charge is -2.15. The Morgan fingerprint density at radius 2 is 2.06 bits per heavy atom. The molecule has 1 nitrogen and oxygen atoms in total.